The van der Waals surface area contributed by atoms with Crippen LogP contribution in [0.25, 0.3) is 11.1 Å². The normalized spacial score (nSPS) is 11.3. The molecule has 0 atom stereocenters. The molecule has 0 aliphatic heterocycles. The SMILES string of the molecule is COc1ccccc1NC(=O)c1ccccc1NS(=O)(=O)c1ccc2c(c1)oc(=O)n2C. The Morgan fingerprint density at radius 1 is 1.00 bits per heavy atom. The number of aromatic nitrogens is 1. The first-order valence-electron chi connectivity index (χ1n) is 9.46. The van der Waals surface area contributed by atoms with Crippen molar-refractivity contribution in [3.05, 3.63) is 82.8 Å². The number of ether oxygens (including phenoxy) is 1. The van der Waals surface area contributed by atoms with Gasteiger partial charge in [0.25, 0.3) is 15.9 Å². The number of carbonyl (C=O) groups excluding carboxylic acids is 1. The number of amides is 1. The maximum absolute atomic E-state index is 13.0. The van der Waals surface area contributed by atoms with Crippen molar-refractivity contribution in [2.45, 2.75) is 4.90 Å². The van der Waals surface area contributed by atoms with Crippen molar-refractivity contribution < 1.29 is 22.4 Å². The first kappa shape index (κ1) is 21.2. The minimum absolute atomic E-state index is 0.0921. The molecule has 0 saturated carbocycles. The lowest BCUT2D eigenvalue weighted by atomic mass is 10.1. The molecule has 0 unspecified atom stereocenters. The molecule has 32 heavy (non-hydrogen) atoms. The Hall–Kier alpha value is -4.05. The molecule has 0 radical (unpaired) electrons. The van der Waals surface area contributed by atoms with E-state index in [0.29, 0.717) is 17.0 Å². The highest BCUT2D eigenvalue weighted by atomic mass is 32.2. The van der Waals surface area contributed by atoms with E-state index in [4.69, 9.17) is 9.15 Å². The fourth-order valence-electron chi connectivity index (χ4n) is 3.19. The van der Waals surface area contributed by atoms with Gasteiger partial charge < -0.3 is 14.5 Å². The lowest BCUT2D eigenvalue weighted by Gasteiger charge is -2.14. The van der Waals surface area contributed by atoms with Gasteiger partial charge in [-0.2, -0.15) is 0 Å². The Bertz CT molecular complexity index is 1490. The van der Waals surface area contributed by atoms with E-state index in [9.17, 15) is 18.0 Å². The molecule has 1 heterocycles. The lowest BCUT2D eigenvalue weighted by molar-refractivity contribution is 0.102. The monoisotopic (exact) mass is 453 g/mol. The van der Waals surface area contributed by atoms with Crippen LogP contribution in [0.1, 0.15) is 10.4 Å². The molecular formula is C22H19N3O6S. The average Bonchev–Trinajstić information content (AvgIpc) is 3.07. The zero-order chi connectivity index (χ0) is 22.9. The second-order valence-corrected chi connectivity index (χ2v) is 8.54. The summed E-state index contributed by atoms with van der Waals surface area (Å²) in [6.07, 6.45) is 0. The van der Waals surface area contributed by atoms with Gasteiger partial charge in [-0.15, -0.1) is 0 Å². The summed E-state index contributed by atoms with van der Waals surface area (Å²) in [5.41, 5.74) is 1.26. The average molecular weight is 453 g/mol. The van der Waals surface area contributed by atoms with Crippen LogP contribution in [0.3, 0.4) is 0 Å². The smallest absolute Gasteiger partial charge is 0.419 e. The van der Waals surface area contributed by atoms with Crippen LogP contribution in [0.2, 0.25) is 0 Å². The largest absolute Gasteiger partial charge is 0.495 e. The number of aryl methyl sites for hydroxylation is 1. The van der Waals surface area contributed by atoms with E-state index in [1.807, 2.05) is 0 Å². The van der Waals surface area contributed by atoms with Crippen LogP contribution in [0.4, 0.5) is 11.4 Å². The predicted molar refractivity (Wildman–Crippen MR) is 120 cm³/mol. The molecule has 1 aromatic heterocycles. The molecule has 0 aliphatic carbocycles. The van der Waals surface area contributed by atoms with E-state index in [0.717, 1.165) is 0 Å². The molecule has 4 aromatic rings. The fourth-order valence-corrected chi connectivity index (χ4v) is 4.29. The number of nitrogens with one attached hydrogen (secondary N) is 2. The number of fused-ring (bicyclic) bond motifs is 1. The summed E-state index contributed by atoms with van der Waals surface area (Å²) in [6, 6.07) is 17.2. The highest BCUT2D eigenvalue weighted by Crippen LogP contribution is 2.26. The van der Waals surface area contributed by atoms with Crippen LogP contribution in [0.15, 0.2) is 80.8 Å². The minimum atomic E-state index is -4.08. The van der Waals surface area contributed by atoms with E-state index in [1.54, 1.807) is 36.4 Å². The summed E-state index contributed by atoms with van der Waals surface area (Å²) in [5, 5.41) is 2.73. The molecule has 0 saturated heterocycles. The second-order valence-electron chi connectivity index (χ2n) is 6.86. The Kier molecular flexibility index (Phi) is 5.45. The summed E-state index contributed by atoms with van der Waals surface area (Å²) in [5.74, 6) is -0.644. The van der Waals surface area contributed by atoms with Crippen LogP contribution in [-0.4, -0.2) is 26.0 Å². The molecule has 3 aromatic carbocycles. The fraction of sp³-hybridized carbons (Fsp3) is 0.0909. The van der Waals surface area contributed by atoms with Gasteiger partial charge in [0.05, 0.1) is 34.5 Å². The van der Waals surface area contributed by atoms with Gasteiger partial charge in [0.15, 0.2) is 5.58 Å². The first-order chi connectivity index (χ1) is 15.3. The van der Waals surface area contributed by atoms with E-state index >= 15 is 0 Å². The Balaban J connectivity index is 1.65. The van der Waals surface area contributed by atoms with E-state index in [2.05, 4.69) is 10.0 Å². The number of hydrogen-bond donors (Lipinski definition) is 2. The van der Waals surface area contributed by atoms with Gasteiger partial charge in [0.2, 0.25) is 0 Å². The van der Waals surface area contributed by atoms with E-state index < -0.39 is 21.7 Å². The van der Waals surface area contributed by atoms with Crippen LogP contribution >= 0.6 is 0 Å². The van der Waals surface area contributed by atoms with Crippen molar-refractivity contribution in [1.82, 2.24) is 4.57 Å². The third kappa shape index (κ3) is 3.95. The summed E-state index contributed by atoms with van der Waals surface area (Å²) in [4.78, 5) is 24.5. The maximum Gasteiger partial charge on any atom is 0.419 e. The number of rotatable bonds is 6. The number of methoxy groups -OCH3 is 1. The van der Waals surface area contributed by atoms with Crippen molar-refractivity contribution >= 4 is 38.4 Å². The Labute approximate surface area is 183 Å². The maximum atomic E-state index is 13.0. The van der Waals surface area contributed by atoms with Crippen LogP contribution in [-0.2, 0) is 17.1 Å². The van der Waals surface area contributed by atoms with Gasteiger partial charge in [-0.1, -0.05) is 24.3 Å². The molecular weight excluding hydrogens is 434 g/mol. The predicted octanol–water partition coefficient (Wildman–Crippen LogP) is 3.19. The number of oxazole rings is 1. The summed E-state index contributed by atoms with van der Waals surface area (Å²) >= 11 is 0. The van der Waals surface area contributed by atoms with Crippen molar-refractivity contribution in [2.24, 2.45) is 7.05 Å². The molecule has 1 amide bonds. The molecule has 0 aliphatic rings. The molecule has 2 N–H and O–H groups in total. The quantitative estimate of drug-likeness (QED) is 0.463. The highest BCUT2D eigenvalue weighted by Gasteiger charge is 2.21. The third-order valence-electron chi connectivity index (χ3n) is 4.85. The van der Waals surface area contributed by atoms with Gasteiger partial charge >= 0.3 is 5.76 Å². The van der Waals surface area contributed by atoms with Gasteiger partial charge in [0.1, 0.15) is 5.75 Å². The Morgan fingerprint density at radius 2 is 1.69 bits per heavy atom. The van der Waals surface area contributed by atoms with E-state index in [1.165, 1.54) is 49.1 Å². The van der Waals surface area contributed by atoms with Crippen molar-refractivity contribution in [1.29, 1.82) is 0 Å². The van der Waals surface area contributed by atoms with Crippen LogP contribution in [0.5, 0.6) is 5.75 Å². The van der Waals surface area contributed by atoms with Crippen LogP contribution < -0.4 is 20.5 Å². The zero-order valence-corrected chi connectivity index (χ0v) is 18.0. The van der Waals surface area contributed by atoms with Gasteiger partial charge in [-0.05, 0) is 36.4 Å². The number of nitrogens with zero attached hydrogens (tertiary/aromatic N) is 1. The minimum Gasteiger partial charge on any atom is -0.495 e. The number of para-hydroxylation sites is 3. The molecule has 0 bridgehead atoms. The molecule has 164 valence electrons. The highest BCUT2D eigenvalue weighted by molar-refractivity contribution is 7.92. The van der Waals surface area contributed by atoms with Gasteiger partial charge in [0, 0.05) is 13.1 Å². The summed E-state index contributed by atoms with van der Waals surface area (Å²) < 4.78 is 40.0. The summed E-state index contributed by atoms with van der Waals surface area (Å²) in [7, 11) is -1.07. The molecule has 9 nitrogen and oxygen atoms in total. The molecule has 0 fully saturated rings. The van der Waals surface area contributed by atoms with Gasteiger partial charge in [-0.25, -0.2) is 13.2 Å². The number of hydrogen-bond acceptors (Lipinski definition) is 6. The number of carbonyl (C=O) groups is 1. The second kappa shape index (κ2) is 8.23. The third-order valence-corrected chi connectivity index (χ3v) is 6.21. The standard InChI is InChI=1S/C22H19N3O6S/c1-25-18-12-11-14(13-20(18)31-22(25)27)32(28,29)24-16-8-4-3-7-15(16)21(26)23-17-9-5-6-10-19(17)30-2/h3-13,24H,1-2H3,(H,23,26). The number of benzene rings is 3. The Morgan fingerprint density at radius 3 is 2.44 bits per heavy atom. The lowest BCUT2D eigenvalue weighted by Crippen LogP contribution is -2.19. The van der Waals surface area contributed by atoms with Crippen molar-refractivity contribution in [3.63, 3.8) is 0 Å². The molecule has 10 heteroatoms. The summed E-state index contributed by atoms with van der Waals surface area (Å²) in [6.45, 7) is 0. The number of sulfonamides is 1. The number of anilines is 2. The van der Waals surface area contributed by atoms with Crippen LogP contribution in [0, 0.1) is 0 Å². The van der Waals surface area contributed by atoms with Crippen molar-refractivity contribution in [2.75, 3.05) is 17.1 Å². The topological polar surface area (TPSA) is 120 Å². The first-order valence-corrected chi connectivity index (χ1v) is 10.9. The van der Waals surface area contributed by atoms with E-state index in [-0.39, 0.29) is 21.7 Å². The zero-order valence-electron chi connectivity index (χ0n) is 17.2. The van der Waals surface area contributed by atoms with Crippen molar-refractivity contribution in [3.8, 4) is 5.75 Å². The van der Waals surface area contributed by atoms with Gasteiger partial charge in [-0.3, -0.25) is 14.1 Å². The molecule has 4 rings (SSSR count). The molecule has 0 spiro atoms.